The predicted molar refractivity (Wildman–Crippen MR) is 131 cm³/mol. The number of carboxylic acids is 1. The summed E-state index contributed by atoms with van der Waals surface area (Å²) in [4.78, 5) is 44.4. The molecule has 3 aromatic rings. The number of ketones is 1. The Morgan fingerprint density at radius 3 is 2.24 bits per heavy atom. The van der Waals surface area contributed by atoms with E-state index in [4.69, 9.17) is 11.6 Å². The Bertz CT molecular complexity index is 1240. The Morgan fingerprint density at radius 2 is 1.62 bits per heavy atom. The normalized spacial score (nSPS) is 13.5. The first-order valence-corrected chi connectivity index (χ1v) is 11.1. The topological polar surface area (TPSA) is 103 Å². The maximum absolute atomic E-state index is 12.5. The van der Waals surface area contributed by atoms with Crippen molar-refractivity contribution in [3.63, 3.8) is 0 Å². The number of carbonyl (C=O) groups excluding carboxylic acids is 2. The number of carboxylic acid groups (broad SMARTS) is 1. The summed E-state index contributed by atoms with van der Waals surface area (Å²) in [5.41, 5.74) is 2.34. The van der Waals surface area contributed by atoms with E-state index in [1.54, 1.807) is 18.2 Å². The summed E-state index contributed by atoms with van der Waals surface area (Å²) in [6, 6.07) is 15.4. The smallest absolute Gasteiger partial charge is 0.339 e. The first kappa shape index (κ1) is 23.3. The highest BCUT2D eigenvalue weighted by Crippen LogP contribution is 2.25. The van der Waals surface area contributed by atoms with Crippen molar-refractivity contribution in [3.05, 3.63) is 82.5 Å². The molecule has 0 saturated carbocycles. The SMILES string of the molecule is CC(=O)c1ccc(N2CCN(c3ncc(NC(=O)c4cccc(Cl)c4)cc3C(=O)O)CC2)cc1. The van der Waals surface area contributed by atoms with Crippen LogP contribution in [0.4, 0.5) is 17.2 Å². The van der Waals surface area contributed by atoms with Crippen molar-refractivity contribution in [2.75, 3.05) is 41.3 Å². The van der Waals surface area contributed by atoms with Gasteiger partial charge in [0.15, 0.2) is 5.78 Å². The Morgan fingerprint density at radius 1 is 0.941 bits per heavy atom. The van der Waals surface area contributed by atoms with Crippen molar-refractivity contribution in [1.82, 2.24) is 4.98 Å². The number of halogens is 1. The number of nitrogens with zero attached hydrogens (tertiary/aromatic N) is 3. The third-order valence-corrected chi connectivity index (χ3v) is 5.90. The summed E-state index contributed by atoms with van der Waals surface area (Å²) in [5.74, 6) is -1.14. The second-order valence-corrected chi connectivity index (χ2v) is 8.38. The molecule has 2 heterocycles. The van der Waals surface area contributed by atoms with E-state index < -0.39 is 11.9 Å². The fourth-order valence-corrected chi connectivity index (χ4v) is 4.04. The number of piperazine rings is 1. The third-order valence-electron chi connectivity index (χ3n) is 5.66. The average Bonchev–Trinajstić information content (AvgIpc) is 2.84. The van der Waals surface area contributed by atoms with Crippen molar-refractivity contribution >= 4 is 46.5 Å². The van der Waals surface area contributed by atoms with E-state index in [1.165, 1.54) is 25.3 Å². The van der Waals surface area contributed by atoms with Gasteiger partial charge in [-0.3, -0.25) is 9.59 Å². The number of pyridine rings is 1. The summed E-state index contributed by atoms with van der Waals surface area (Å²) in [6.07, 6.45) is 1.46. The number of aromatic nitrogens is 1. The van der Waals surface area contributed by atoms with Gasteiger partial charge < -0.3 is 20.2 Å². The number of carbonyl (C=O) groups is 3. The first-order chi connectivity index (χ1) is 16.3. The maximum Gasteiger partial charge on any atom is 0.339 e. The van der Waals surface area contributed by atoms with Gasteiger partial charge >= 0.3 is 5.97 Å². The molecule has 2 aromatic carbocycles. The van der Waals surface area contributed by atoms with Crippen LogP contribution >= 0.6 is 11.6 Å². The van der Waals surface area contributed by atoms with E-state index in [9.17, 15) is 19.5 Å². The Labute approximate surface area is 201 Å². The summed E-state index contributed by atoms with van der Waals surface area (Å²) in [5, 5.41) is 12.9. The zero-order chi connectivity index (χ0) is 24.2. The van der Waals surface area contributed by atoms with Crippen LogP contribution in [0.15, 0.2) is 60.8 Å². The van der Waals surface area contributed by atoms with Crippen molar-refractivity contribution < 1.29 is 19.5 Å². The molecule has 4 rings (SSSR count). The van der Waals surface area contributed by atoms with Crippen LogP contribution in [0.25, 0.3) is 0 Å². The molecular formula is C25H23ClN4O4. The molecule has 0 spiro atoms. The highest BCUT2D eigenvalue weighted by molar-refractivity contribution is 6.31. The quantitative estimate of drug-likeness (QED) is 0.511. The van der Waals surface area contributed by atoms with Gasteiger partial charge in [-0.2, -0.15) is 0 Å². The molecule has 0 atom stereocenters. The molecule has 1 saturated heterocycles. The highest BCUT2D eigenvalue weighted by atomic mass is 35.5. The number of rotatable bonds is 6. The molecule has 2 N–H and O–H groups in total. The van der Waals surface area contributed by atoms with Gasteiger partial charge in [-0.1, -0.05) is 17.7 Å². The standard InChI is InChI=1S/C25H23ClN4O4/c1-16(31)17-5-7-21(8-6-17)29-9-11-30(12-10-29)23-22(25(33)34)14-20(15-27-23)28-24(32)18-3-2-4-19(26)13-18/h2-8,13-15H,9-12H2,1H3,(H,28,32)(H,33,34). The molecule has 1 amide bonds. The van der Waals surface area contributed by atoms with Crippen molar-refractivity contribution in [2.45, 2.75) is 6.92 Å². The molecule has 0 radical (unpaired) electrons. The van der Waals surface area contributed by atoms with Gasteiger partial charge in [0, 0.05) is 48.0 Å². The summed E-state index contributed by atoms with van der Waals surface area (Å²) in [6.45, 7) is 4.04. The van der Waals surface area contributed by atoms with Crippen LogP contribution in [0.2, 0.25) is 5.02 Å². The van der Waals surface area contributed by atoms with Crippen LogP contribution in [-0.4, -0.2) is 53.9 Å². The van der Waals surface area contributed by atoms with Crippen molar-refractivity contribution in [3.8, 4) is 0 Å². The molecule has 0 unspecified atom stereocenters. The summed E-state index contributed by atoms with van der Waals surface area (Å²) in [7, 11) is 0. The van der Waals surface area contributed by atoms with Crippen LogP contribution in [-0.2, 0) is 0 Å². The molecule has 1 aliphatic heterocycles. The number of hydrogen-bond donors (Lipinski definition) is 2. The van der Waals surface area contributed by atoms with Gasteiger partial charge in [0.05, 0.1) is 11.9 Å². The predicted octanol–water partition coefficient (Wildman–Crippen LogP) is 4.21. The Balaban J connectivity index is 1.46. The van der Waals surface area contributed by atoms with Crippen LogP contribution < -0.4 is 15.1 Å². The lowest BCUT2D eigenvalue weighted by Crippen LogP contribution is -2.47. The van der Waals surface area contributed by atoms with Crippen molar-refractivity contribution in [1.29, 1.82) is 0 Å². The fraction of sp³-hybridized carbons (Fsp3) is 0.200. The minimum atomic E-state index is -1.12. The van der Waals surface area contributed by atoms with Crippen LogP contribution in [0.5, 0.6) is 0 Å². The average molecular weight is 479 g/mol. The third kappa shape index (κ3) is 5.18. The molecule has 34 heavy (non-hydrogen) atoms. The molecule has 1 fully saturated rings. The molecular weight excluding hydrogens is 456 g/mol. The highest BCUT2D eigenvalue weighted by Gasteiger charge is 2.24. The van der Waals surface area contributed by atoms with Crippen LogP contribution in [0, 0.1) is 0 Å². The van der Waals surface area contributed by atoms with E-state index in [-0.39, 0.29) is 17.0 Å². The lowest BCUT2D eigenvalue weighted by Gasteiger charge is -2.37. The number of amides is 1. The molecule has 9 heteroatoms. The number of benzene rings is 2. The summed E-state index contributed by atoms with van der Waals surface area (Å²) < 4.78 is 0. The molecule has 1 aromatic heterocycles. The van der Waals surface area contributed by atoms with E-state index >= 15 is 0 Å². The zero-order valence-corrected chi connectivity index (χ0v) is 19.2. The van der Waals surface area contributed by atoms with Gasteiger partial charge in [-0.05, 0) is 55.5 Å². The van der Waals surface area contributed by atoms with Gasteiger partial charge in [0.1, 0.15) is 11.4 Å². The minimum Gasteiger partial charge on any atom is -0.478 e. The second kappa shape index (κ2) is 9.93. The zero-order valence-electron chi connectivity index (χ0n) is 18.5. The van der Waals surface area contributed by atoms with E-state index in [2.05, 4.69) is 15.2 Å². The van der Waals surface area contributed by atoms with Crippen molar-refractivity contribution in [2.24, 2.45) is 0 Å². The Hall–Kier alpha value is -3.91. The maximum atomic E-state index is 12.5. The number of nitrogens with one attached hydrogen (secondary N) is 1. The second-order valence-electron chi connectivity index (χ2n) is 7.94. The molecule has 1 aliphatic rings. The van der Waals surface area contributed by atoms with Gasteiger partial charge in [-0.25, -0.2) is 9.78 Å². The molecule has 8 nitrogen and oxygen atoms in total. The number of aromatic carboxylic acids is 1. The first-order valence-electron chi connectivity index (χ1n) is 10.7. The van der Waals surface area contributed by atoms with Gasteiger partial charge in [0.2, 0.25) is 0 Å². The van der Waals surface area contributed by atoms with Crippen LogP contribution in [0.3, 0.4) is 0 Å². The number of Topliss-reactive ketones (excluding diaryl/α,β-unsaturated/α-hetero) is 1. The lowest BCUT2D eigenvalue weighted by molar-refractivity contribution is 0.0696. The van der Waals surface area contributed by atoms with Gasteiger partial charge in [0.25, 0.3) is 5.91 Å². The Kier molecular flexibility index (Phi) is 6.79. The van der Waals surface area contributed by atoms with E-state index in [0.717, 1.165) is 5.69 Å². The number of anilines is 3. The fourth-order valence-electron chi connectivity index (χ4n) is 3.85. The lowest BCUT2D eigenvalue weighted by atomic mass is 10.1. The van der Waals surface area contributed by atoms with Crippen LogP contribution in [0.1, 0.15) is 38.0 Å². The molecule has 0 bridgehead atoms. The summed E-state index contributed by atoms with van der Waals surface area (Å²) >= 11 is 5.94. The monoisotopic (exact) mass is 478 g/mol. The number of hydrogen-bond acceptors (Lipinski definition) is 6. The van der Waals surface area contributed by atoms with E-state index in [0.29, 0.717) is 48.1 Å². The van der Waals surface area contributed by atoms with E-state index in [1.807, 2.05) is 29.2 Å². The molecule has 0 aliphatic carbocycles. The largest absolute Gasteiger partial charge is 0.478 e. The van der Waals surface area contributed by atoms with Gasteiger partial charge in [-0.15, -0.1) is 0 Å². The molecule has 174 valence electrons. The minimum absolute atomic E-state index is 0.0168.